The minimum absolute atomic E-state index is 0.0417. The van der Waals surface area contributed by atoms with Crippen LogP contribution in [-0.4, -0.2) is 92.8 Å². The first kappa shape index (κ1) is 37.6. The third-order valence-electron chi connectivity index (χ3n) is 8.13. The molecular weight excluding hydrogens is 520 g/mol. The number of rotatable bonds is 18. The predicted molar refractivity (Wildman–Crippen MR) is 159 cm³/mol. The summed E-state index contributed by atoms with van der Waals surface area (Å²) in [4.78, 5) is 12.5. The number of aliphatic hydroxyl groups is 1. The van der Waals surface area contributed by atoms with Crippen LogP contribution in [0.3, 0.4) is 0 Å². The van der Waals surface area contributed by atoms with Crippen molar-refractivity contribution in [2.45, 2.75) is 128 Å². The molecule has 0 radical (unpaired) electrons. The Labute approximate surface area is 235 Å². The first-order chi connectivity index (χ1) is 17.1. The molecule has 0 amide bonds. The van der Waals surface area contributed by atoms with Gasteiger partial charge in [-0.05, 0) is 48.8 Å². The Morgan fingerprint density at radius 1 is 0.842 bits per heavy atom. The summed E-state index contributed by atoms with van der Waals surface area (Å²) in [6.45, 7) is 27.6. The molecule has 8 nitrogen and oxygen atoms in total. The lowest BCUT2D eigenvalue weighted by atomic mass is 9.96. The van der Waals surface area contributed by atoms with Gasteiger partial charge in [-0.2, -0.15) is 0 Å². The summed E-state index contributed by atoms with van der Waals surface area (Å²) in [5, 5.41) is 10.8. The zero-order valence-electron chi connectivity index (χ0n) is 26.7. The number of hydrogen-bond acceptors (Lipinski definition) is 8. The van der Waals surface area contributed by atoms with Crippen LogP contribution in [0.1, 0.15) is 61.3 Å². The molecule has 0 saturated heterocycles. The molecule has 0 bridgehead atoms. The molecule has 0 aromatic heterocycles. The van der Waals surface area contributed by atoms with Gasteiger partial charge in [0.25, 0.3) is 0 Å². The third kappa shape index (κ3) is 11.6. The second kappa shape index (κ2) is 15.5. The summed E-state index contributed by atoms with van der Waals surface area (Å²) in [7, 11) is 0.460. The van der Waals surface area contributed by atoms with E-state index in [1.165, 1.54) is 7.11 Å². The molecule has 0 heterocycles. The fourth-order valence-corrected chi connectivity index (χ4v) is 5.80. The highest BCUT2D eigenvalue weighted by molar-refractivity contribution is 6.74. The molecule has 5 atom stereocenters. The highest BCUT2D eigenvalue weighted by Gasteiger charge is 2.43. The number of Topliss-reactive ketones (excluding diaryl/α,β-unsaturated/α-hetero) is 1. The van der Waals surface area contributed by atoms with Gasteiger partial charge in [-0.25, -0.2) is 0 Å². The number of methoxy groups -OCH3 is 3. The monoisotopic (exact) mass is 578 g/mol. The summed E-state index contributed by atoms with van der Waals surface area (Å²) < 4.78 is 36.2. The average Bonchev–Trinajstić information content (AvgIpc) is 2.78. The molecule has 0 spiro atoms. The quantitative estimate of drug-likeness (QED) is 0.126. The van der Waals surface area contributed by atoms with E-state index in [0.717, 1.165) is 0 Å². The van der Waals surface area contributed by atoms with Gasteiger partial charge < -0.3 is 32.9 Å². The van der Waals surface area contributed by atoms with E-state index in [9.17, 15) is 9.90 Å². The van der Waals surface area contributed by atoms with Crippen molar-refractivity contribution < 1.29 is 37.7 Å². The number of ketones is 1. The molecule has 38 heavy (non-hydrogen) atoms. The van der Waals surface area contributed by atoms with Gasteiger partial charge in [-0.3, -0.25) is 4.79 Å². The number of carbonyl (C=O) groups is 1. The summed E-state index contributed by atoms with van der Waals surface area (Å²) in [6, 6.07) is 0. The molecule has 0 aliphatic carbocycles. The summed E-state index contributed by atoms with van der Waals surface area (Å²) in [5.41, 5.74) is 0.284. The summed E-state index contributed by atoms with van der Waals surface area (Å²) >= 11 is 0. The van der Waals surface area contributed by atoms with E-state index in [1.807, 2.05) is 0 Å². The topological polar surface area (TPSA) is 92.7 Å². The Morgan fingerprint density at radius 2 is 1.32 bits per heavy atom. The molecule has 0 fully saturated rings. The van der Waals surface area contributed by atoms with Crippen LogP contribution < -0.4 is 0 Å². The smallest absolute Gasteiger partial charge is 0.192 e. The first-order valence-corrected chi connectivity index (χ1v) is 19.3. The molecule has 0 saturated carbocycles. The van der Waals surface area contributed by atoms with Crippen LogP contribution in [0, 0.1) is 0 Å². The van der Waals surface area contributed by atoms with Gasteiger partial charge in [0.1, 0.15) is 19.0 Å². The average molecular weight is 579 g/mol. The number of ether oxygens (including phenoxy) is 4. The van der Waals surface area contributed by atoms with E-state index in [0.29, 0.717) is 19.4 Å². The maximum Gasteiger partial charge on any atom is 0.192 e. The van der Waals surface area contributed by atoms with Gasteiger partial charge in [0.15, 0.2) is 22.4 Å². The molecule has 0 rings (SSSR count). The van der Waals surface area contributed by atoms with E-state index in [1.54, 1.807) is 21.1 Å². The molecule has 0 unspecified atom stereocenters. The Bertz CT molecular complexity index is 727. The van der Waals surface area contributed by atoms with Gasteiger partial charge in [0, 0.05) is 34.2 Å². The molecule has 0 aromatic rings. The summed E-state index contributed by atoms with van der Waals surface area (Å²) in [5.74, 6) is -0.435. The van der Waals surface area contributed by atoms with Crippen molar-refractivity contribution in [2.75, 3.05) is 34.7 Å². The van der Waals surface area contributed by atoms with Crippen molar-refractivity contribution >= 4 is 22.4 Å². The Hall–Kier alpha value is -0.436. The van der Waals surface area contributed by atoms with Crippen LogP contribution in [0.5, 0.6) is 0 Å². The molecule has 226 valence electrons. The zero-order valence-corrected chi connectivity index (χ0v) is 28.7. The van der Waals surface area contributed by atoms with Crippen molar-refractivity contribution in [1.82, 2.24) is 0 Å². The lowest BCUT2D eigenvalue weighted by Crippen LogP contribution is -2.49. The second-order valence-electron chi connectivity index (χ2n) is 13.3. The largest absolute Gasteiger partial charge is 0.414 e. The zero-order chi connectivity index (χ0) is 30.1. The van der Waals surface area contributed by atoms with Gasteiger partial charge in [-0.1, -0.05) is 48.1 Å². The number of hydrogen-bond donors (Lipinski definition) is 1. The van der Waals surface area contributed by atoms with Gasteiger partial charge in [-0.15, -0.1) is 0 Å². The fourth-order valence-electron chi connectivity index (χ4n) is 3.40. The van der Waals surface area contributed by atoms with Crippen LogP contribution in [0.4, 0.5) is 0 Å². The lowest BCUT2D eigenvalue weighted by Gasteiger charge is -2.42. The van der Waals surface area contributed by atoms with E-state index in [4.69, 9.17) is 27.8 Å². The number of aliphatic hydroxyl groups excluding tert-OH is 1. The summed E-state index contributed by atoms with van der Waals surface area (Å²) in [6.07, 6.45) is -2.45. The molecule has 0 aliphatic rings. The predicted octanol–water partition coefficient (Wildman–Crippen LogP) is 5.70. The van der Waals surface area contributed by atoms with E-state index >= 15 is 0 Å². The SMILES string of the molecule is C=C(C)C(=O)[C@H](O)[C@@H](C[C@H](C[C@@H](OC)[C@@H](CO[Si](C)(C)C(C)(C)C)OCOC)O[Si](C)(C)C(C)(C)C)OC. The van der Waals surface area contributed by atoms with Crippen LogP contribution in [0.25, 0.3) is 0 Å². The fraction of sp³-hybridized carbons (Fsp3) is 0.893. The molecule has 1 N–H and O–H groups in total. The van der Waals surface area contributed by atoms with Crippen molar-refractivity contribution in [1.29, 1.82) is 0 Å². The van der Waals surface area contributed by atoms with Crippen molar-refractivity contribution in [2.24, 2.45) is 0 Å². The van der Waals surface area contributed by atoms with E-state index < -0.39 is 40.7 Å². The van der Waals surface area contributed by atoms with Crippen LogP contribution in [-0.2, 0) is 32.6 Å². The Morgan fingerprint density at radius 3 is 1.71 bits per heavy atom. The van der Waals surface area contributed by atoms with Crippen LogP contribution >= 0.6 is 0 Å². The van der Waals surface area contributed by atoms with Crippen molar-refractivity contribution in [3.05, 3.63) is 12.2 Å². The van der Waals surface area contributed by atoms with E-state index in [2.05, 4.69) is 74.3 Å². The molecule has 0 aliphatic heterocycles. The van der Waals surface area contributed by atoms with Crippen molar-refractivity contribution in [3.63, 3.8) is 0 Å². The van der Waals surface area contributed by atoms with Gasteiger partial charge in [0.05, 0.1) is 24.9 Å². The lowest BCUT2D eigenvalue weighted by molar-refractivity contribution is -0.143. The van der Waals surface area contributed by atoms with Crippen molar-refractivity contribution in [3.8, 4) is 0 Å². The van der Waals surface area contributed by atoms with Gasteiger partial charge in [0.2, 0.25) is 0 Å². The highest BCUT2D eigenvalue weighted by atomic mass is 28.4. The van der Waals surface area contributed by atoms with E-state index in [-0.39, 0.29) is 34.7 Å². The Balaban J connectivity index is 6.13. The maximum absolute atomic E-state index is 12.5. The number of carbonyl (C=O) groups excluding carboxylic acids is 1. The second-order valence-corrected chi connectivity index (χ2v) is 22.9. The maximum atomic E-state index is 12.5. The highest BCUT2D eigenvalue weighted by Crippen LogP contribution is 2.39. The minimum atomic E-state index is -2.23. The first-order valence-electron chi connectivity index (χ1n) is 13.5. The molecular formula is C28H58O8Si2. The van der Waals surface area contributed by atoms with Crippen LogP contribution in [0.2, 0.25) is 36.3 Å². The minimum Gasteiger partial charge on any atom is -0.414 e. The Kier molecular flexibility index (Phi) is 15.4. The standard InChI is InChI=1S/C28H58O8Si2/c1-20(2)25(29)26(30)23(33-11)17-21(36-38(14,15)28(6,7)8)16-22(32-10)24(34-19-31-9)18-35-37(12,13)27(3,4)5/h21-24,26,30H,1,16-19H2,2-15H3/t21-,22+,23+,24+,26+/m0/s1. The van der Waals surface area contributed by atoms with Gasteiger partial charge >= 0.3 is 0 Å². The third-order valence-corrected chi connectivity index (χ3v) is 17.2. The van der Waals surface area contributed by atoms with Crippen LogP contribution in [0.15, 0.2) is 12.2 Å². The molecule has 0 aromatic carbocycles. The normalized spacial score (nSPS) is 17.6. The molecule has 10 heteroatoms.